The monoisotopic (exact) mass is 296 g/mol. The van der Waals surface area contributed by atoms with Crippen LogP contribution in [0.4, 0.5) is 0 Å². The van der Waals surface area contributed by atoms with E-state index in [1.165, 1.54) is 56.2 Å². The number of halogens is 1. The SMILES string of the molecule is Clc1nc(CSC2CCCCC2)nc2c1CCCC2. The van der Waals surface area contributed by atoms with Crippen molar-refractivity contribution < 1.29 is 0 Å². The first-order valence-electron chi connectivity index (χ1n) is 7.48. The van der Waals surface area contributed by atoms with Gasteiger partial charge in [0.05, 0.1) is 5.75 Å². The molecule has 0 unspecified atom stereocenters. The minimum absolute atomic E-state index is 0.712. The number of hydrogen-bond donors (Lipinski definition) is 0. The van der Waals surface area contributed by atoms with Crippen LogP contribution in [0, 0.1) is 0 Å². The van der Waals surface area contributed by atoms with E-state index in [4.69, 9.17) is 16.6 Å². The Morgan fingerprint density at radius 2 is 1.79 bits per heavy atom. The molecule has 1 saturated carbocycles. The Kier molecular flexibility index (Phi) is 4.65. The zero-order valence-electron chi connectivity index (χ0n) is 11.3. The molecule has 0 spiro atoms. The predicted octanol–water partition coefficient (Wildman–Crippen LogP) is 4.57. The molecule has 1 fully saturated rings. The first-order valence-corrected chi connectivity index (χ1v) is 8.91. The number of hydrogen-bond acceptors (Lipinski definition) is 3. The number of nitrogens with zero attached hydrogens (tertiary/aromatic N) is 2. The normalized spacial score (nSPS) is 20.3. The second-order valence-electron chi connectivity index (χ2n) is 5.63. The van der Waals surface area contributed by atoms with Crippen LogP contribution in [0.2, 0.25) is 5.15 Å². The Balaban J connectivity index is 1.65. The molecular formula is C15H21ClN2S. The van der Waals surface area contributed by atoms with Crippen molar-refractivity contribution in [1.82, 2.24) is 9.97 Å². The molecule has 0 N–H and O–H groups in total. The zero-order valence-corrected chi connectivity index (χ0v) is 12.9. The van der Waals surface area contributed by atoms with Gasteiger partial charge in [0.2, 0.25) is 0 Å². The van der Waals surface area contributed by atoms with Gasteiger partial charge in [0.25, 0.3) is 0 Å². The number of aromatic nitrogens is 2. The highest BCUT2D eigenvalue weighted by Gasteiger charge is 2.18. The van der Waals surface area contributed by atoms with Crippen LogP contribution in [0.3, 0.4) is 0 Å². The summed E-state index contributed by atoms with van der Waals surface area (Å²) >= 11 is 8.33. The van der Waals surface area contributed by atoms with Crippen LogP contribution in [0.15, 0.2) is 0 Å². The highest BCUT2D eigenvalue weighted by atomic mass is 35.5. The highest BCUT2D eigenvalue weighted by molar-refractivity contribution is 7.99. The lowest BCUT2D eigenvalue weighted by Crippen LogP contribution is -2.12. The van der Waals surface area contributed by atoms with Crippen LogP contribution >= 0.6 is 23.4 Å². The Morgan fingerprint density at radius 3 is 2.63 bits per heavy atom. The van der Waals surface area contributed by atoms with Gasteiger partial charge < -0.3 is 0 Å². The summed E-state index contributed by atoms with van der Waals surface area (Å²) in [5.41, 5.74) is 2.42. The third-order valence-corrected chi connectivity index (χ3v) is 5.86. The molecule has 1 aromatic rings. The van der Waals surface area contributed by atoms with Crippen LogP contribution < -0.4 is 0 Å². The van der Waals surface area contributed by atoms with Crippen molar-refractivity contribution in [3.8, 4) is 0 Å². The zero-order chi connectivity index (χ0) is 13.1. The molecule has 1 aromatic heterocycles. The fourth-order valence-electron chi connectivity index (χ4n) is 3.09. The smallest absolute Gasteiger partial charge is 0.140 e. The van der Waals surface area contributed by atoms with Crippen LogP contribution in [0.1, 0.15) is 62.0 Å². The molecule has 0 saturated heterocycles. The Bertz CT molecular complexity index is 444. The summed E-state index contributed by atoms with van der Waals surface area (Å²) in [6.07, 6.45) is 11.5. The Hall–Kier alpha value is -0.280. The van der Waals surface area contributed by atoms with E-state index in [0.29, 0.717) is 5.15 Å². The van der Waals surface area contributed by atoms with Crippen molar-refractivity contribution in [2.24, 2.45) is 0 Å². The predicted molar refractivity (Wildman–Crippen MR) is 81.9 cm³/mol. The third-order valence-electron chi connectivity index (χ3n) is 4.18. The van der Waals surface area contributed by atoms with Crippen molar-refractivity contribution >= 4 is 23.4 Å². The number of thioether (sulfide) groups is 1. The fourth-order valence-corrected chi connectivity index (χ4v) is 4.57. The van der Waals surface area contributed by atoms with E-state index < -0.39 is 0 Å². The van der Waals surface area contributed by atoms with Gasteiger partial charge >= 0.3 is 0 Å². The average Bonchev–Trinajstić information content (AvgIpc) is 2.46. The Morgan fingerprint density at radius 1 is 1.00 bits per heavy atom. The average molecular weight is 297 g/mol. The van der Waals surface area contributed by atoms with E-state index in [-0.39, 0.29) is 0 Å². The topological polar surface area (TPSA) is 25.8 Å². The molecule has 104 valence electrons. The quantitative estimate of drug-likeness (QED) is 0.764. The molecule has 19 heavy (non-hydrogen) atoms. The van der Waals surface area contributed by atoms with Crippen molar-refractivity contribution in [2.75, 3.05) is 0 Å². The van der Waals surface area contributed by atoms with Crippen molar-refractivity contribution in [3.63, 3.8) is 0 Å². The van der Waals surface area contributed by atoms with Crippen molar-refractivity contribution in [3.05, 3.63) is 22.2 Å². The standard InChI is InChI=1S/C15H21ClN2S/c16-15-12-8-4-5-9-13(12)17-14(18-15)10-19-11-6-2-1-3-7-11/h11H,1-10H2. The number of fused-ring (bicyclic) bond motifs is 1. The van der Waals surface area contributed by atoms with Gasteiger partial charge in [0.15, 0.2) is 0 Å². The Labute approximate surface area is 124 Å². The van der Waals surface area contributed by atoms with E-state index in [2.05, 4.69) is 4.98 Å². The summed E-state index contributed by atoms with van der Waals surface area (Å²) in [7, 11) is 0. The van der Waals surface area contributed by atoms with Gasteiger partial charge in [-0.05, 0) is 38.5 Å². The third kappa shape index (κ3) is 3.43. The molecule has 0 atom stereocenters. The maximum Gasteiger partial charge on any atom is 0.140 e. The van der Waals surface area contributed by atoms with Crippen molar-refractivity contribution in [2.45, 2.75) is 68.8 Å². The summed E-state index contributed by atoms with van der Waals surface area (Å²) in [6.45, 7) is 0. The molecule has 2 nitrogen and oxygen atoms in total. The molecule has 2 aliphatic carbocycles. The molecule has 2 aliphatic rings. The first-order chi connectivity index (χ1) is 9.33. The lowest BCUT2D eigenvalue weighted by molar-refractivity contribution is 0.516. The minimum atomic E-state index is 0.712. The van der Waals surface area contributed by atoms with Crippen LogP contribution in [0.5, 0.6) is 0 Å². The lowest BCUT2D eigenvalue weighted by atomic mass is 9.97. The van der Waals surface area contributed by atoms with E-state index in [9.17, 15) is 0 Å². The first kappa shape index (κ1) is 13.7. The molecule has 0 bridgehead atoms. The maximum atomic E-state index is 6.31. The lowest BCUT2D eigenvalue weighted by Gasteiger charge is -2.21. The summed E-state index contributed by atoms with van der Waals surface area (Å²) in [5.74, 6) is 1.87. The van der Waals surface area contributed by atoms with Gasteiger partial charge in [-0.3, -0.25) is 0 Å². The highest BCUT2D eigenvalue weighted by Crippen LogP contribution is 2.31. The summed E-state index contributed by atoms with van der Waals surface area (Å²) in [4.78, 5) is 9.25. The second kappa shape index (κ2) is 6.45. The molecule has 1 heterocycles. The van der Waals surface area contributed by atoms with E-state index >= 15 is 0 Å². The van der Waals surface area contributed by atoms with E-state index in [1.807, 2.05) is 11.8 Å². The van der Waals surface area contributed by atoms with Crippen LogP contribution in [-0.4, -0.2) is 15.2 Å². The van der Waals surface area contributed by atoms with Crippen LogP contribution in [0.25, 0.3) is 0 Å². The summed E-state index contributed by atoms with van der Waals surface area (Å²) in [6, 6.07) is 0. The molecule has 0 aliphatic heterocycles. The molecule has 0 aromatic carbocycles. The number of aryl methyl sites for hydroxylation is 1. The van der Waals surface area contributed by atoms with Crippen LogP contribution in [-0.2, 0) is 18.6 Å². The summed E-state index contributed by atoms with van der Waals surface area (Å²) < 4.78 is 0. The largest absolute Gasteiger partial charge is 0.237 e. The number of rotatable bonds is 3. The molecular weight excluding hydrogens is 276 g/mol. The van der Waals surface area contributed by atoms with Gasteiger partial charge in [-0.15, -0.1) is 0 Å². The molecule has 0 radical (unpaired) electrons. The molecule has 3 rings (SSSR count). The van der Waals surface area contributed by atoms with E-state index in [1.54, 1.807) is 0 Å². The van der Waals surface area contributed by atoms with Gasteiger partial charge in [-0.1, -0.05) is 30.9 Å². The maximum absolute atomic E-state index is 6.31. The molecule has 4 heteroatoms. The van der Waals surface area contributed by atoms with Gasteiger partial charge in [0.1, 0.15) is 11.0 Å². The summed E-state index contributed by atoms with van der Waals surface area (Å²) in [5, 5.41) is 1.52. The van der Waals surface area contributed by atoms with Gasteiger partial charge in [-0.2, -0.15) is 11.8 Å². The second-order valence-corrected chi connectivity index (χ2v) is 7.28. The fraction of sp³-hybridized carbons (Fsp3) is 0.733. The van der Waals surface area contributed by atoms with Crippen molar-refractivity contribution in [1.29, 1.82) is 0 Å². The minimum Gasteiger partial charge on any atom is -0.237 e. The van der Waals surface area contributed by atoms with Gasteiger partial charge in [-0.25, -0.2) is 9.97 Å². The molecule has 0 amide bonds. The van der Waals surface area contributed by atoms with E-state index in [0.717, 1.165) is 29.7 Å². The van der Waals surface area contributed by atoms with Gasteiger partial charge in [0, 0.05) is 16.5 Å².